The SMILES string of the molecule is CCN1c2ncc(Br)cc2C(=O)Nc2c1nc(Cl)c(Br)c2C. The van der Waals surface area contributed by atoms with Gasteiger partial charge in [-0.3, -0.25) is 4.79 Å². The van der Waals surface area contributed by atoms with Crippen LogP contribution in [0.2, 0.25) is 5.15 Å². The lowest BCUT2D eigenvalue weighted by atomic mass is 10.2. The first-order valence-electron chi connectivity index (χ1n) is 6.54. The summed E-state index contributed by atoms with van der Waals surface area (Å²) in [6, 6.07) is 1.75. The van der Waals surface area contributed by atoms with E-state index in [9.17, 15) is 4.79 Å². The lowest BCUT2D eigenvalue weighted by molar-refractivity contribution is 0.102. The Bertz CT molecular complexity index is 797. The number of halogens is 3. The summed E-state index contributed by atoms with van der Waals surface area (Å²) in [5, 5.41) is 3.27. The van der Waals surface area contributed by atoms with Crippen molar-refractivity contribution in [3.8, 4) is 0 Å². The van der Waals surface area contributed by atoms with Crippen molar-refractivity contribution >= 4 is 66.7 Å². The summed E-state index contributed by atoms with van der Waals surface area (Å²) in [6.07, 6.45) is 1.66. The summed E-state index contributed by atoms with van der Waals surface area (Å²) < 4.78 is 1.41. The van der Waals surface area contributed by atoms with Crippen LogP contribution in [0.5, 0.6) is 0 Å². The van der Waals surface area contributed by atoms with Crippen LogP contribution in [0.15, 0.2) is 21.2 Å². The molecule has 1 aliphatic heterocycles. The molecule has 0 atom stereocenters. The Balaban J connectivity index is 2.33. The highest BCUT2D eigenvalue weighted by molar-refractivity contribution is 9.10. The minimum Gasteiger partial charge on any atom is -0.318 e. The Kier molecular flexibility index (Phi) is 4.13. The average Bonchev–Trinajstić information content (AvgIpc) is 2.60. The molecule has 0 aliphatic carbocycles. The van der Waals surface area contributed by atoms with Gasteiger partial charge in [0.05, 0.1) is 15.7 Å². The van der Waals surface area contributed by atoms with Crippen molar-refractivity contribution in [3.05, 3.63) is 37.5 Å². The van der Waals surface area contributed by atoms with Gasteiger partial charge in [0.2, 0.25) is 0 Å². The molecule has 1 amide bonds. The number of carbonyl (C=O) groups is 1. The van der Waals surface area contributed by atoms with Gasteiger partial charge in [-0.25, -0.2) is 9.97 Å². The van der Waals surface area contributed by atoms with Crippen LogP contribution in [0.4, 0.5) is 17.3 Å². The van der Waals surface area contributed by atoms with E-state index in [2.05, 4.69) is 47.1 Å². The summed E-state index contributed by atoms with van der Waals surface area (Å²) in [4.78, 5) is 23.2. The van der Waals surface area contributed by atoms with Gasteiger partial charge in [-0.15, -0.1) is 0 Å². The van der Waals surface area contributed by atoms with Gasteiger partial charge >= 0.3 is 0 Å². The van der Waals surface area contributed by atoms with Crippen LogP contribution >= 0.6 is 43.5 Å². The van der Waals surface area contributed by atoms with Crippen LogP contribution in [-0.2, 0) is 0 Å². The zero-order valence-electron chi connectivity index (χ0n) is 11.7. The van der Waals surface area contributed by atoms with Crippen LogP contribution in [0.1, 0.15) is 22.8 Å². The molecule has 0 saturated carbocycles. The molecule has 3 heterocycles. The van der Waals surface area contributed by atoms with Gasteiger partial charge in [0.15, 0.2) is 5.82 Å². The van der Waals surface area contributed by atoms with Gasteiger partial charge in [-0.05, 0) is 57.3 Å². The summed E-state index contributed by atoms with van der Waals surface area (Å²) in [7, 11) is 0. The molecular formula is C14H11Br2ClN4O. The minimum atomic E-state index is -0.222. The molecule has 114 valence electrons. The molecule has 0 aromatic carbocycles. The molecule has 22 heavy (non-hydrogen) atoms. The standard InChI is InChI=1S/C14H11Br2ClN4O/c1-3-21-12-8(4-7(15)5-18-12)14(22)19-10-6(2)9(16)11(17)20-13(10)21/h4-5H,3H2,1-2H3,(H,19,22). The van der Waals surface area contributed by atoms with E-state index in [4.69, 9.17) is 11.6 Å². The first kappa shape index (κ1) is 15.7. The van der Waals surface area contributed by atoms with E-state index in [1.807, 2.05) is 18.7 Å². The first-order valence-corrected chi connectivity index (χ1v) is 8.50. The Morgan fingerprint density at radius 1 is 1.36 bits per heavy atom. The van der Waals surface area contributed by atoms with E-state index in [0.29, 0.717) is 39.1 Å². The van der Waals surface area contributed by atoms with Crippen molar-refractivity contribution in [1.29, 1.82) is 0 Å². The Hall–Kier alpha value is -1.18. The number of hydrogen-bond donors (Lipinski definition) is 1. The molecule has 0 fully saturated rings. The van der Waals surface area contributed by atoms with Crippen LogP contribution in [0.25, 0.3) is 0 Å². The Morgan fingerprint density at radius 2 is 2.09 bits per heavy atom. The third-order valence-electron chi connectivity index (χ3n) is 3.46. The fourth-order valence-corrected chi connectivity index (χ4v) is 3.21. The van der Waals surface area contributed by atoms with E-state index in [-0.39, 0.29) is 5.91 Å². The number of amides is 1. The number of nitrogens with one attached hydrogen (secondary N) is 1. The molecule has 0 saturated heterocycles. The molecular weight excluding hydrogens is 435 g/mol. The zero-order chi connectivity index (χ0) is 16.0. The number of pyridine rings is 2. The molecule has 0 unspecified atom stereocenters. The average molecular weight is 447 g/mol. The van der Waals surface area contributed by atoms with E-state index >= 15 is 0 Å². The number of anilines is 3. The van der Waals surface area contributed by atoms with Gasteiger partial charge in [0, 0.05) is 17.2 Å². The van der Waals surface area contributed by atoms with Gasteiger partial charge in [0.25, 0.3) is 5.91 Å². The van der Waals surface area contributed by atoms with Crippen LogP contribution in [0, 0.1) is 6.92 Å². The third-order valence-corrected chi connectivity index (χ3v) is 5.36. The quantitative estimate of drug-likeness (QED) is 0.646. The maximum Gasteiger partial charge on any atom is 0.259 e. The zero-order valence-corrected chi connectivity index (χ0v) is 15.7. The second-order valence-electron chi connectivity index (χ2n) is 4.76. The fraction of sp³-hybridized carbons (Fsp3) is 0.214. The normalized spacial score (nSPS) is 13.3. The maximum atomic E-state index is 12.6. The second kappa shape index (κ2) is 5.79. The number of rotatable bonds is 1. The second-order valence-corrected chi connectivity index (χ2v) is 6.83. The van der Waals surface area contributed by atoms with Gasteiger partial charge in [0.1, 0.15) is 11.0 Å². The van der Waals surface area contributed by atoms with Crippen LogP contribution < -0.4 is 10.2 Å². The van der Waals surface area contributed by atoms with Gasteiger partial charge < -0.3 is 10.2 Å². The maximum absolute atomic E-state index is 12.6. The van der Waals surface area contributed by atoms with Crippen LogP contribution in [-0.4, -0.2) is 22.4 Å². The largest absolute Gasteiger partial charge is 0.318 e. The number of hydrogen-bond acceptors (Lipinski definition) is 4. The predicted molar refractivity (Wildman–Crippen MR) is 94.3 cm³/mol. The highest BCUT2D eigenvalue weighted by Gasteiger charge is 2.29. The highest BCUT2D eigenvalue weighted by Crippen LogP contribution is 2.41. The molecule has 8 heteroatoms. The van der Waals surface area contributed by atoms with Crippen molar-refractivity contribution < 1.29 is 4.79 Å². The predicted octanol–water partition coefficient (Wildman–Crippen LogP) is 4.69. The molecule has 3 rings (SSSR count). The molecule has 1 aliphatic rings. The third kappa shape index (κ3) is 2.41. The molecule has 2 aromatic rings. The molecule has 0 spiro atoms. The lowest BCUT2D eigenvalue weighted by Gasteiger charge is -2.23. The number of carbonyl (C=O) groups excluding carboxylic acids is 1. The fourth-order valence-electron chi connectivity index (χ4n) is 2.37. The Morgan fingerprint density at radius 3 is 2.77 bits per heavy atom. The lowest BCUT2D eigenvalue weighted by Crippen LogP contribution is -2.20. The van der Waals surface area contributed by atoms with Crippen molar-refractivity contribution in [3.63, 3.8) is 0 Å². The molecule has 2 aromatic heterocycles. The van der Waals surface area contributed by atoms with Gasteiger partial charge in [-0.2, -0.15) is 0 Å². The summed E-state index contributed by atoms with van der Waals surface area (Å²) in [5.74, 6) is 0.933. The minimum absolute atomic E-state index is 0.222. The van der Waals surface area contributed by atoms with E-state index in [1.165, 1.54) is 0 Å². The smallest absolute Gasteiger partial charge is 0.259 e. The van der Waals surface area contributed by atoms with Crippen LogP contribution in [0.3, 0.4) is 0 Å². The summed E-state index contributed by atoms with van der Waals surface area (Å²) in [6.45, 7) is 4.46. The molecule has 1 N–H and O–H groups in total. The number of nitrogens with zero attached hydrogens (tertiary/aromatic N) is 3. The summed E-state index contributed by atoms with van der Waals surface area (Å²) >= 11 is 12.9. The number of aromatic nitrogens is 2. The Labute approximate surface area is 149 Å². The van der Waals surface area contributed by atoms with E-state index < -0.39 is 0 Å². The van der Waals surface area contributed by atoms with Crippen molar-refractivity contribution in [1.82, 2.24) is 9.97 Å². The summed E-state index contributed by atoms with van der Waals surface area (Å²) in [5.41, 5.74) is 1.95. The first-order chi connectivity index (χ1) is 10.4. The van der Waals surface area contributed by atoms with Crippen molar-refractivity contribution in [2.24, 2.45) is 0 Å². The number of fused-ring (bicyclic) bond motifs is 2. The molecule has 5 nitrogen and oxygen atoms in total. The van der Waals surface area contributed by atoms with Crippen molar-refractivity contribution in [2.75, 3.05) is 16.8 Å². The monoisotopic (exact) mass is 444 g/mol. The topological polar surface area (TPSA) is 58.1 Å². The highest BCUT2D eigenvalue weighted by atomic mass is 79.9. The van der Waals surface area contributed by atoms with E-state index in [1.54, 1.807) is 12.3 Å². The molecule has 0 radical (unpaired) electrons. The van der Waals surface area contributed by atoms with Gasteiger partial charge in [-0.1, -0.05) is 11.6 Å². The van der Waals surface area contributed by atoms with E-state index in [0.717, 1.165) is 10.0 Å². The van der Waals surface area contributed by atoms with Crippen molar-refractivity contribution in [2.45, 2.75) is 13.8 Å². The molecule has 0 bridgehead atoms.